The number of nitrogens with one attached hydrogen (secondary N) is 1. The van der Waals surface area contributed by atoms with Gasteiger partial charge in [0.05, 0.1) is 14.9 Å². The molecule has 0 spiro atoms. The maximum atomic E-state index is 11.6. The fourth-order valence-corrected chi connectivity index (χ4v) is 2.49. The molecule has 0 aliphatic carbocycles. The summed E-state index contributed by atoms with van der Waals surface area (Å²) >= 11 is 8.55. The van der Waals surface area contributed by atoms with Gasteiger partial charge < -0.3 is 5.32 Å². The summed E-state index contributed by atoms with van der Waals surface area (Å²) in [5.41, 5.74) is 0.824. The predicted molar refractivity (Wildman–Crippen MR) is 61.6 cm³/mol. The number of hydrogen-bond acceptors (Lipinski definition) is 3. The van der Waals surface area contributed by atoms with Gasteiger partial charge in [0.15, 0.2) is 0 Å². The van der Waals surface area contributed by atoms with E-state index < -0.39 is 0 Å². The summed E-state index contributed by atoms with van der Waals surface area (Å²) in [5.74, 6) is -0.111. The Balaban J connectivity index is 2.10. The van der Waals surface area contributed by atoms with Crippen LogP contribution in [0.5, 0.6) is 0 Å². The van der Waals surface area contributed by atoms with Gasteiger partial charge in [-0.1, -0.05) is 11.6 Å². The van der Waals surface area contributed by atoms with Crippen LogP contribution in [0.3, 0.4) is 0 Å². The molecule has 2 heterocycles. The molecule has 0 fully saturated rings. The van der Waals surface area contributed by atoms with Gasteiger partial charge in [-0.25, -0.2) is 0 Å². The van der Waals surface area contributed by atoms with Gasteiger partial charge in [0, 0.05) is 5.38 Å². The molecule has 0 aliphatic heterocycles. The van der Waals surface area contributed by atoms with Gasteiger partial charge >= 0.3 is 0 Å². The quantitative estimate of drug-likeness (QED) is 0.856. The van der Waals surface area contributed by atoms with Crippen molar-refractivity contribution in [2.45, 2.75) is 0 Å². The molecule has 0 saturated heterocycles. The first kappa shape index (κ1) is 9.71. The number of halogens is 1. The highest BCUT2D eigenvalue weighted by Crippen LogP contribution is 2.22. The summed E-state index contributed by atoms with van der Waals surface area (Å²) in [6.45, 7) is 0. The first-order chi connectivity index (χ1) is 6.75. The molecular formula is C9H6ClNOS2. The summed E-state index contributed by atoms with van der Waals surface area (Å²) in [5, 5.41) is 6.57. The minimum absolute atomic E-state index is 0.111. The van der Waals surface area contributed by atoms with E-state index in [2.05, 4.69) is 5.32 Å². The Morgan fingerprint density at radius 3 is 2.79 bits per heavy atom. The van der Waals surface area contributed by atoms with Gasteiger partial charge in [0.1, 0.15) is 0 Å². The normalized spacial score (nSPS) is 10.1. The number of carbonyl (C=O) groups excluding carboxylic acids is 1. The Bertz CT molecular complexity index is 435. The van der Waals surface area contributed by atoms with Gasteiger partial charge in [-0.05, 0) is 23.6 Å². The van der Waals surface area contributed by atoms with Gasteiger partial charge in [0.2, 0.25) is 0 Å². The molecule has 0 aliphatic rings. The highest BCUT2D eigenvalue weighted by molar-refractivity contribution is 7.18. The van der Waals surface area contributed by atoms with Crippen molar-refractivity contribution in [3.05, 3.63) is 38.2 Å². The zero-order valence-corrected chi connectivity index (χ0v) is 9.38. The largest absolute Gasteiger partial charge is 0.321 e. The van der Waals surface area contributed by atoms with E-state index in [1.54, 1.807) is 23.5 Å². The van der Waals surface area contributed by atoms with Crippen molar-refractivity contribution in [1.82, 2.24) is 0 Å². The first-order valence-electron chi connectivity index (χ1n) is 3.84. The Hall–Kier alpha value is -0.840. The highest BCUT2D eigenvalue weighted by atomic mass is 35.5. The Kier molecular flexibility index (Phi) is 2.86. The second kappa shape index (κ2) is 4.13. The number of hydrogen-bond donors (Lipinski definition) is 1. The van der Waals surface area contributed by atoms with Crippen LogP contribution in [0.15, 0.2) is 29.0 Å². The smallest absolute Gasteiger partial charge is 0.265 e. The summed E-state index contributed by atoms with van der Waals surface area (Å²) in [7, 11) is 0. The van der Waals surface area contributed by atoms with E-state index in [9.17, 15) is 4.79 Å². The van der Waals surface area contributed by atoms with Crippen molar-refractivity contribution in [3.8, 4) is 0 Å². The van der Waals surface area contributed by atoms with Crippen molar-refractivity contribution < 1.29 is 4.79 Å². The number of amides is 1. The second-order valence-electron chi connectivity index (χ2n) is 2.57. The molecule has 1 N–H and O–H groups in total. The SMILES string of the molecule is O=C(Nc1ccsc1)c1ccc(Cl)s1. The molecule has 72 valence electrons. The standard InChI is InChI=1S/C9H6ClNOS2/c10-8-2-1-7(14-8)9(12)11-6-3-4-13-5-6/h1-5H,(H,11,12). The molecule has 2 nitrogen and oxygen atoms in total. The highest BCUT2D eigenvalue weighted by Gasteiger charge is 2.08. The van der Waals surface area contributed by atoms with Crippen molar-refractivity contribution >= 4 is 45.9 Å². The van der Waals surface area contributed by atoms with Crippen LogP contribution in [0, 0.1) is 0 Å². The van der Waals surface area contributed by atoms with E-state index in [1.165, 1.54) is 11.3 Å². The van der Waals surface area contributed by atoms with Crippen LogP contribution >= 0.6 is 34.3 Å². The van der Waals surface area contributed by atoms with E-state index in [0.29, 0.717) is 9.21 Å². The van der Waals surface area contributed by atoms with E-state index in [4.69, 9.17) is 11.6 Å². The maximum absolute atomic E-state index is 11.6. The summed E-state index contributed by atoms with van der Waals surface area (Å²) in [4.78, 5) is 12.2. The molecule has 0 unspecified atom stereocenters. The van der Waals surface area contributed by atoms with Crippen molar-refractivity contribution in [3.63, 3.8) is 0 Å². The topological polar surface area (TPSA) is 29.1 Å². The fraction of sp³-hybridized carbons (Fsp3) is 0. The first-order valence-corrected chi connectivity index (χ1v) is 5.98. The van der Waals surface area contributed by atoms with Crippen LogP contribution in [-0.4, -0.2) is 5.91 Å². The van der Waals surface area contributed by atoms with Crippen LogP contribution in [0.4, 0.5) is 5.69 Å². The van der Waals surface area contributed by atoms with Crippen LogP contribution in [0.25, 0.3) is 0 Å². The van der Waals surface area contributed by atoms with E-state index >= 15 is 0 Å². The number of carbonyl (C=O) groups is 1. The molecule has 14 heavy (non-hydrogen) atoms. The molecule has 2 aromatic heterocycles. The maximum Gasteiger partial charge on any atom is 0.265 e. The van der Waals surface area contributed by atoms with Gasteiger partial charge in [0.25, 0.3) is 5.91 Å². The van der Waals surface area contributed by atoms with E-state index in [-0.39, 0.29) is 5.91 Å². The molecule has 1 amide bonds. The molecule has 2 aromatic rings. The predicted octanol–water partition coefficient (Wildman–Crippen LogP) is 3.72. The molecule has 5 heteroatoms. The average Bonchev–Trinajstić information content (AvgIpc) is 2.75. The number of thiophene rings is 2. The molecule has 0 radical (unpaired) electrons. The summed E-state index contributed by atoms with van der Waals surface area (Å²) in [6, 6.07) is 5.29. The fourth-order valence-electron chi connectivity index (χ4n) is 0.965. The Morgan fingerprint density at radius 2 is 2.21 bits per heavy atom. The minimum Gasteiger partial charge on any atom is -0.321 e. The summed E-state index contributed by atoms with van der Waals surface area (Å²) in [6.07, 6.45) is 0. The van der Waals surface area contributed by atoms with E-state index in [1.807, 2.05) is 16.8 Å². The molecule has 0 atom stereocenters. The van der Waals surface area contributed by atoms with E-state index in [0.717, 1.165) is 5.69 Å². The number of rotatable bonds is 2. The van der Waals surface area contributed by atoms with Crippen molar-refractivity contribution in [1.29, 1.82) is 0 Å². The van der Waals surface area contributed by atoms with Crippen molar-refractivity contribution in [2.75, 3.05) is 5.32 Å². The average molecular weight is 244 g/mol. The lowest BCUT2D eigenvalue weighted by atomic mass is 10.4. The lowest BCUT2D eigenvalue weighted by Gasteiger charge is -1.98. The van der Waals surface area contributed by atoms with Crippen LogP contribution in [-0.2, 0) is 0 Å². The molecular weight excluding hydrogens is 238 g/mol. The van der Waals surface area contributed by atoms with Crippen LogP contribution < -0.4 is 5.32 Å². The third-order valence-corrected chi connectivity index (χ3v) is 3.49. The van der Waals surface area contributed by atoms with Gasteiger partial charge in [-0.2, -0.15) is 11.3 Å². The van der Waals surface area contributed by atoms with Gasteiger partial charge in [-0.3, -0.25) is 4.79 Å². The molecule has 0 saturated carbocycles. The van der Waals surface area contributed by atoms with Crippen LogP contribution in [0.2, 0.25) is 4.34 Å². The third-order valence-electron chi connectivity index (χ3n) is 1.58. The second-order valence-corrected chi connectivity index (χ2v) is 5.07. The third kappa shape index (κ3) is 2.15. The number of anilines is 1. The zero-order valence-electron chi connectivity index (χ0n) is 6.99. The lowest BCUT2D eigenvalue weighted by molar-refractivity contribution is 0.103. The van der Waals surface area contributed by atoms with Gasteiger partial charge in [-0.15, -0.1) is 11.3 Å². The minimum atomic E-state index is -0.111. The molecule has 2 rings (SSSR count). The van der Waals surface area contributed by atoms with Crippen molar-refractivity contribution in [2.24, 2.45) is 0 Å². The summed E-state index contributed by atoms with van der Waals surface area (Å²) < 4.78 is 0.625. The monoisotopic (exact) mass is 243 g/mol. The zero-order chi connectivity index (χ0) is 9.97. The Morgan fingerprint density at radius 1 is 1.36 bits per heavy atom. The lowest BCUT2D eigenvalue weighted by Crippen LogP contribution is -2.08. The molecule has 0 bridgehead atoms. The van der Waals surface area contributed by atoms with Crippen LogP contribution in [0.1, 0.15) is 9.67 Å². The Labute approximate surface area is 94.1 Å². The molecule has 0 aromatic carbocycles.